The molecule has 3 aliphatic heterocycles. The summed E-state index contributed by atoms with van der Waals surface area (Å²) >= 11 is 0. The molecule has 4 heteroatoms. The van der Waals surface area contributed by atoms with Gasteiger partial charge in [0.25, 0.3) is 0 Å². The molecule has 4 aromatic carbocycles. The molecule has 0 spiro atoms. The molecule has 2 bridgehead atoms. The number of aromatic nitrogens is 1. The molecule has 0 amide bonds. The Morgan fingerprint density at radius 2 is 1.76 bits per heavy atom. The Bertz CT molecular complexity index is 1640. The van der Waals surface area contributed by atoms with E-state index in [1.807, 2.05) is 18.3 Å². The van der Waals surface area contributed by atoms with Gasteiger partial charge in [-0.25, -0.2) is 0 Å². The molecule has 5 atom stereocenters. The number of nitrogens with zero attached hydrogens (tertiary/aromatic N) is 2. The second-order valence-electron chi connectivity index (χ2n) is 10.5. The number of aromatic hydroxyl groups is 1. The minimum absolute atomic E-state index is 0.203. The molecule has 5 aromatic rings. The Morgan fingerprint density at radius 1 is 0.946 bits per heavy atom. The average molecular weight is 487 g/mol. The third kappa shape index (κ3) is 3.75. The number of pyridine rings is 1. The van der Waals surface area contributed by atoms with Crippen LogP contribution in [0.1, 0.15) is 24.5 Å². The van der Waals surface area contributed by atoms with Crippen molar-refractivity contribution in [1.29, 1.82) is 0 Å². The molecule has 1 aromatic heterocycles. The molecule has 3 aliphatic rings. The summed E-state index contributed by atoms with van der Waals surface area (Å²) in [4.78, 5) is 7.18. The van der Waals surface area contributed by atoms with Gasteiger partial charge in [-0.3, -0.25) is 9.88 Å². The van der Waals surface area contributed by atoms with Gasteiger partial charge in [0.2, 0.25) is 0 Å². The predicted octanol–water partition coefficient (Wildman–Crippen LogP) is 7.26. The van der Waals surface area contributed by atoms with Gasteiger partial charge in [0.1, 0.15) is 17.6 Å². The van der Waals surface area contributed by atoms with Crippen molar-refractivity contribution in [1.82, 2.24) is 9.88 Å². The van der Waals surface area contributed by atoms with Crippen LogP contribution in [0.3, 0.4) is 0 Å². The topological polar surface area (TPSA) is 45.6 Å². The fourth-order valence-corrected chi connectivity index (χ4v) is 6.70. The monoisotopic (exact) mass is 486 g/mol. The number of hydrogen-bond acceptors (Lipinski definition) is 4. The first-order valence-corrected chi connectivity index (χ1v) is 13.2. The summed E-state index contributed by atoms with van der Waals surface area (Å²) in [6.45, 7) is 6.21. The number of phenolic OH excluding ortho intramolecular Hbond substituents is 1. The van der Waals surface area contributed by atoms with E-state index in [0.29, 0.717) is 11.8 Å². The first-order valence-electron chi connectivity index (χ1n) is 13.2. The highest BCUT2D eigenvalue weighted by Crippen LogP contribution is 2.45. The minimum atomic E-state index is -0.203. The van der Waals surface area contributed by atoms with E-state index in [4.69, 9.17) is 4.74 Å². The van der Waals surface area contributed by atoms with E-state index in [-0.39, 0.29) is 17.9 Å². The maximum Gasteiger partial charge on any atom is 0.140 e. The number of phenols is 1. The lowest BCUT2D eigenvalue weighted by molar-refractivity contribution is -0.0352. The first kappa shape index (κ1) is 22.3. The normalized spacial score (nSPS) is 23.9. The van der Waals surface area contributed by atoms with E-state index in [9.17, 15) is 5.11 Å². The van der Waals surface area contributed by atoms with Crippen molar-refractivity contribution in [2.24, 2.45) is 11.8 Å². The van der Waals surface area contributed by atoms with Crippen molar-refractivity contribution in [2.75, 3.05) is 13.1 Å². The first-order chi connectivity index (χ1) is 18.2. The molecule has 0 aliphatic carbocycles. The molecule has 0 radical (unpaired) electrons. The van der Waals surface area contributed by atoms with Crippen molar-refractivity contribution < 1.29 is 9.84 Å². The van der Waals surface area contributed by atoms with Crippen LogP contribution in [0.25, 0.3) is 32.4 Å². The summed E-state index contributed by atoms with van der Waals surface area (Å²) in [6.07, 6.45) is 6.07. The van der Waals surface area contributed by atoms with Crippen molar-refractivity contribution in [3.63, 3.8) is 0 Å². The lowest BCUT2D eigenvalue weighted by Crippen LogP contribution is -2.55. The van der Waals surface area contributed by atoms with E-state index < -0.39 is 0 Å². The fourth-order valence-electron chi connectivity index (χ4n) is 6.70. The Kier molecular flexibility index (Phi) is 5.37. The van der Waals surface area contributed by atoms with Crippen LogP contribution in [0.5, 0.6) is 11.5 Å². The summed E-state index contributed by atoms with van der Waals surface area (Å²) < 4.78 is 7.15. The van der Waals surface area contributed by atoms with Crippen molar-refractivity contribution >= 4 is 32.4 Å². The SMILES string of the molecule is C=CC1CN2CCC1CC2C(Oc1cc2ccccc2c2ccccc12)c1ccnc2ccc(O)cc12. The van der Waals surface area contributed by atoms with Gasteiger partial charge in [0.15, 0.2) is 0 Å². The number of rotatable bonds is 5. The summed E-state index contributed by atoms with van der Waals surface area (Å²) in [5, 5.41) is 16.0. The van der Waals surface area contributed by atoms with Crippen LogP contribution in [-0.2, 0) is 0 Å². The lowest BCUT2D eigenvalue weighted by atomic mass is 9.73. The van der Waals surface area contributed by atoms with E-state index in [2.05, 4.69) is 83.2 Å². The zero-order chi connectivity index (χ0) is 24.9. The van der Waals surface area contributed by atoms with Crippen molar-refractivity contribution in [3.8, 4) is 11.5 Å². The van der Waals surface area contributed by atoms with Crippen LogP contribution in [0.2, 0.25) is 0 Å². The maximum atomic E-state index is 10.4. The molecule has 184 valence electrons. The van der Waals surface area contributed by atoms with E-state index in [1.54, 1.807) is 6.07 Å². The Balaban J connectivity index is 1.41. The quantitative estimate of drug-likeness (QED) is 0.210. The largest absolute Gasteiger partial charge is 0.508 e. The summed E-state index contributed by atoms with van der Waals surface area (Å²) in [7, 11) is 0. The van der Waals surface area contributed by atoms with Gasteiger partial charge in [-0.05, 0) is 77.7 Å². The number of ether oxygens (including phenoxy) is 1. The molecular formula is C33H30N2O2. The fraction of sp³-hybridized carbons (Fsp3) is 0.242. The molecule has 37 heavy (non-hydrogen) atoms. The van der Waals surface area contributed by atoms with Crippen molar-refractivity contribution in [2.45, 2.75) is 25.0 Å². The van der Waals surface area contributed by atoms with E-state index >= 15 is 0 Å². The highest BCUT2D eigenvalue weighted by Gasteiger charge is 2.44. The van der Waals surface area contributed by atoms with Gasteiger partial charge in [-0.15, -0.1) is 6.58 Å². The standard InChI is InChI=1S/C33H30N2O2/c1-2-21-20-35-16-14-22(21)17-31(35)33(28-13-15-34-30-12-11-24(36)19-29(28)30)37-32-18-23-7-3-4-8-25(23)26-9-5-6-10-27(26)32/h2-13,15,18-19,21-22,31,33,36H,1,14,16-17,20H2. The van der Waals surface area contributed by atoms with Crippen LogP contribution < -0.4 is 4.74 Å². The van der Waals surface area contributed by atoms with Crippen LogP contribution in [0.15, 0.2) is 97.7 Å². The Hall–Kier alpha value is -3.89. The van der Waals surface area contributed by atoms with Gasteiger partial charge < -0.3 is 9.84 Å². The van der Waals surface area contributed by atoms with E-state index in [1.165, 1.54) is 22.6 Å². The average Bonchev–Trinajstić information content (AvgIpc) is 2.96. The van der Waals surface area contributed by atoms with Gasteiger partial charge in [-0.2, -0.15) is 0 Å². The van der Waals surface area contributed by atoms with Gasteiger partial charge in [0, 0.05) is 29.1 Å². The maximum absolute atomic E-state index is 10.4. The van der Waals surface area contributed by atoms with Gasteiger partial charge in [-0.1, -0.05) is 54.6 Å². The third-order valence-electron chi connectivity index (χ3n) is 8.55. The number of benzene rings is 4. The highest BCUT2D eigenvalue weighted by molar-refractivity contribution is 6.10. The molecule has 4 nitrogen and oxygen atoms in total. The molecule has 4 heterocycles. The summed E-state index contributed by atoms with van der Waals surface area (Å²) in [5.41, 5.74) is 1.94. The molecular weight excluding hydrogens is 456 g/mol. The number of hydrogen-bond donors (Lipinski definition) is 1. The second kappa shape index (κ2) is 8.89. The molecule has 0 saturated carbocycles. The van der Waals surface area contributed by atoms with Gasteiger partial charge >= 0.3 is 0 Å². The van der Waals surface area contributed by atoms with Crippen LogP contribution >= 0.6 is 0 Å². The Morgan fingerprint density at radius 3 is 2.57 bits per heavy atom. The van der Waals surface area contributed by atoms with E-state index in [0.717, 1.165) is 47.1 Å². The predicted molar refractivity (Wildman–Crippen MR) is 150 cm³/mol. The summed E-state index contributed by atoms with van der Waals surface area (Å²) in [5.74, 6) is 2.29. The smallest absolute Gasteiger partial charge is 0.140 e. The minimum Gasteiger partial charge on any atom is -0.508 e. The van der Waals surface area contributed by atoms with Crippen molar-refractivity contribution in [3.05, 3.63) is 103 Å². The van der Waals surface area contributed by atoms with Crippen LogP contribution in [0.4, 0.5) is 0 Å². The lowest BCUT2D eigenvalue weighted by Gasteiger charge is -2.51. The molecule has 5 unspecified atom stereocenters. The zero-order valence-electron chi connectivity index (χ0n) is 20.8. The molecule has 3 saturated heterocycles. The molecule has 1 N–H and O–H groups in total. The Labute approximate surface area is 216 Å². The zero-order valence-corrected chi connectivity index (χ0v) is 20.8. The highest BCUT2D eigenvalue weighted by atomic mass is 16.5. The summed E-state index contributed by atoms with van der Waals surface area (Å²) in [6, 6.07) is 26.9. The van der Waals surface area contributed by atoms with Crippen LogP contribution in [0, 0.1) is 11.8 Å². The molecule has 3 fully saturated rings. The third-order valence-corrected chi connectivity index (χ3v) is 8.55. The molecule has 8 rings (SSSR count). The second-order valence-corrected chi connectivity index (χ2v) is 10.5. The number of piperidine rings is 3. The van der Waals surface area contributed by atoms with Gasteiger partial charge in [0.05, 0.1) is 11.6 Å². The van der Waals surface area contributed by atoms with Crippen LogP contribution in [-0.4, -0.2) is 34.1 Å². The number of fused-ring (bicyclic) bond motifs is 7.